The molecule has 4 N–H and O–H groups in total. The maximum absolute atomic E-state index is 9.48. The Labute approximate surface area is 113 Å². The second-order valence-corrected chi connectivity index (χ2v) is 4.29. The van der Waals surface area contributed by atoms with Gasteiger partial charge < -0.3 is 20.4 Å². The number of hydrogen-bond donors (Lipinski definition) is 4. The molecule has 0 aliphatic heterocycles. The number of rotatable bonds is 1. The lowest BCUT2D eigenvalue weighted by Gasteiger charge is -2.05. The van der Waals surface area contributed by atoms with Crippen LogP contribution in [0.15, 0.2) is 36.5 Å². The van der Waals surface area contributed by atoms with E-state index in [1.54, 1.807) is 6.07 Å². The maximum atomic E-state index is 9.48. The van der Waals surface area contributed by atoms with Crippen LogP contribution in [-0.2, 0) is 0 Å². The van der Waals surface area contributed by atoms with Crippen LogP contribution in [-0.4, -0.2) is 30.4 Å². The molecule has 0 aliphatic rings. The highest BCUT2D eigenvalue weighted by atomic mass is 16.3. The lowest BCUT2D eigenvalue weighted by atomic mass is 10.1. The maximum Gasteiger partial charge on any atom is 0.159 e. The first kappa shape index (κ1) is 12.0. The SMILES string of the molecule is Oc1ccc(-c2cnc3cc(O)c(O)cc3n2)cc1O. The van der Waals surface area contributed by atoms with Crippen molar-refractivity contribution in [1.29, 1.82) is 0 Å². The summed E-state index contributed by atoms with van der Waals surface area (Å²) >= 11 is 0. The van der Waals surface area contributed by atoms with Gasteiger partial charge in [0.05, 0.1) is 22.9 Å². The van der Waals surface area contributed by atoms with Gasteiger partial charge in [-0.3, -0.25) is 4.98 Å². The number of benzene rings is 2. The summed E-state index contributed by atoms with van der Waals surface area (Å²) in [7, 11) is 0. The van der Waals surface area contributed by atoms with E-state index < -0.39 is 0 Å². The van der Waals surface area contributed by atoms with E-state index in [4.69, 9.17) is 0 Å². The van der Waals surface area contributed by atoms with Gasteiger partial charge in [0.15, 0.2) is 23.0 Å². The smallest absolute Gasteiger partial charge is 0.159 e. The molecular formula is C14H10N2O4. The molecule has 0 saturated heterocycles. The number of aromatic hydroxyl groups is 4. The zero-order valence-corrected chi connectivity index (χ0v) is 10.1. The fourth-order valence-electron chi connectivity index (χ4n) is 1.86. The fraction of sp³-hybridized carbons (Fsp3) is 0. The van der Waals surface area contributed by atoms with Gasteiger partial charge in [-0.25, -0.2) is 4.98 Å². The molecule has 0 spiro atoms. The van der Waals surface area contributed by atoms with Crippen molar-refractivity contribution >= 4 is 11.0 Å². The highest BCUT2D eigenvalue weighted by molar-refractivity contribution is 5.81. The van der Waals surface area contributed by atoms with Crippen LogP contribution in [0.25, 0.3) is 22.3 Å². The number of phenolic OH excluding ortho intramolecular Hbond substituents is 4. The Morgan fingerprint density at radius 2 is 1.35 bits per heavy atom. The summed E-state index contributed by atoms with van der Waals surface area (Å²) in [6.45, 7) is 0. The van der Waals surface area contributed by atoms with E-state index in [1.165, 1.54) is 30.5 Å². The zero-order valence-electron chi connectivity index (χ0n) is 10.1. The molecule has 0 atom stereocenters. The van der Waals surface area contributed by atoms with E-state index in [-0.39, 0.29) is 23.0 Å². The average molecular weight is 270 g/mol. The molecule has 0 fully saturated rings. The van der Waals surface area contributed by atoms with Crippen molar-refractivity contribution in [3.63, 3.8) is 0 Å². The second-order valence-electron chi connectivity index (χ2n) is 4.29. The van der Waals surface area contributed by atoms with Gasteiger partial charge in [0, 0.05) is 17.7 Å². The minimum Gasteiger partial charge on any atom is -0.504 e. The van der Waals surface area contributed by atoms with Crippen molar-refractivity contribution in [1.82, 2.24) is 9.97 Å². The topological polar surface area (TPSA) is 107 Å². The molecule has 0 bridgehead atoms. The minimum atomic E-state index is -0.280. The van der Waals surface area contributed by atoms with Gasteiger partial charge in [-0.2, -0.15) is 0 Å². The van der Waals surface area contributed by atoms with Gasteiger partial charge in [-0.1, -0.05) is 0 Å². The van der Waals surface area contributed by atoms with Crippen molar-refractivity contribution in [2.45, 2.75) is 0 Å². The van der Waals surface area contributed by atoms with Crippen LogP contribution in [0.1, 0.15) is 0 Å². The quantitative estimate of drug-likeness (QED) is 0.504. The van der Waals surface area contributed by atoms with Crippen molar-refractivity contribution in [2.24, 2.45) is 0 Å². The first-order valence-corrected chi connectivity index (χ1v) is 5.75. The normalized spacial score (nSPS) is 10.8. The number of aromatic nitrogens is 2. The Hall–Kier alpha value is -3.02. The summed E-state index contributed by atoms with van der Waals surface area (Å²) < 4.78 is 0. The predicted molar refractivity (Wildman–Crippen MR) is 71.6 cm³/mol. The predicted octanol–water partition coefficient (Wildman–Crippen LogP) is 2.12. The molecular weight excluding hydrogens is 260 g/mol. The van der Waals surface area contributed by atoms with Crippen LogP contribution in [0.2, 0.25) is 0 Å². The third-order valence-electron chi connectivity index (χ3n) is 2.91. The third-order valence-corrected chi connectivity index (χ3v) is 2.91. The van der Waals surface area contributed by atoms with Gasteiger partial charge >= 0.3 is 0 Å². The Morgan fingerprint density at radius 1 is 0.700 bits per heavy atom. The number of nitrogens with zero attached hydrogens (tertiary/aromatic N) is 2. The van der Waals surface area contributed by atoms with Crippen LogP contribution in [0.4, 0.5) is 0 Å². The standard InChI is InChI=1S/C14H10N2O4/c17-11-2-1-7(3-12(11)18)10-6-15-8-4-13(19)14(20)5-9(8)16-10/h1-6,17-20H. The summed E-state index contributed by atoms with van der Waals surface area (Å²) in [5.74, 6) is -1.01. The molecule has 20 heavy (non-hydrogen) atoms. The van der Waals surface area contributed by atoms with E-state index in [9.17, 15) is 20.4 Å². The largest absolute Gasteiger partial charge is 0.504 e. The van der Waals surface area contributed by atoms with Crippen LogP contribution >= 0.6 is 0 Å². The summed E-state index contributed by atoms with van der Waals surface area (Å²) in [5.41, 5.74) is 1.89. The molecule has 0 saturated carbocycles. The number of hydrogen-bond acceptors (Lipinski definition) is 6. The van der Waals surface area contributed by atoms with Crippen molar-refractivity contribution in [3.8, 4) is 34.3 Å². The first-order valence-electron chi connectivity index (χ1n) is 5.75. The summed E-state index contributed by atoms with van der Waals surface area (Å²) in [5, 5.41) is 37.6. The number of phenols is 4. The van der Waals surface area contributed by atoms with Gasteiger partial charge in [0.1, 0.15) is 0 Å². The van der Waals surface area contributed by atoms with E-state index in [2.05, 4.69) is 9.97 Å². The van der Waals surface area contributed by atoms with Crippen molar-refractivity contribution in [3.05, 3.63) is 36.5 Å². The van der Waals surface area contributed by atoms with Crippen LogP contribution in [0, 0.1) is 0 Å². The second kappa shape index (κ2) is 4.27. The van der Waals surface area contributed by atoms with Gasteiger partial charge in [-0.15, -0.1) is 0 Å². The van der Waals surface area contributed by atoms with E-state index in [1.807, 2.05) is 0 Å². The molecule has 1 aromatic heterocycles. The molecule has 3 rings (SSSR count). The van der Waals surface area contributed by atoms with Crippen molar-refractivity contribution < 1.29 is 20.4 Å². The van der Waals surface area contributed by atoms with E-state index >= 15 is 0 Å². The number of fused-ring (bicyclic) bond motifs is 1. The third kappa shape index (κ3) is 1.93. The Kier molecular flexibility index (Phi) is 2.57. The molecule has 1 heterocycles. The van der Waals surface area contributed by atoms with E-state index in [0.29, 0.717) is 22.3 Å². The van der Waals surface area contributed by atoms with Gasteiger partial charge in [0.25, 0.3) is 0 Å². The summed E-state index contributed by atoms with van der Waals surface area (Å²) in [6.07, 6.45) is 1.48. The van der Waals surface area contributed by atoms with Gasteiger partial charge in [0.2, 0.25) is 0 Å². The molecule has 6 nitrogen and oxygen atoms in total. The highest BCUT2D eigenvalue weighted by Crippen LogP contribution is 2.32. The highest BCUT2D eigenvalue weighted by Gasteiger charge is 2.08. The van der Waals surface area contributed by atoms with Crippen molar-refractivity contribution in [2.75, 3.05) is 0 Å². The first-order chi connectivity index (χ1) is 9.54. The minimum absolute atomic E-state index is 0.218. The Morgan fingerprint density at radius 3 is 2.05 bits per heavy atom. The molecule has 6 heteroatoms. The molecule has 0 unspecified atom stereocenters. The summed E-state index contributed by atoms with van der Waals surface area (Å²) in [6, 6.07) is 6.93. The fourth-order valence-corrected chi connectivity index (χ4v) is 1.86. The van der Waals surface area contributed by atoms with Gasteiger partial charge in [-0.05, 0) is 18.2 Å². The molecule has 0 aliphatic carbocycles. The Bertz CT molecular complexity index is 818. The van der Waals surface area contributed by atoms with Crippen LogP contribution in [0.5, 0.6) is 23.0 Å². The molecule has 100 valence electrons. The van der Waals surface area contributed by atoms with Crippen LogP contribution in [0.3, 0.4) is 0 Å². The van der Waals surface area contributed by atoms with E-state index in [0.717, 1.165) is 0 Å². The van der Waals surface area contributed by atoms with Crippen LogP contribution < -0.4 is 0 Å². The monoisotopic (exact) mass is 270 g/mol. The average Bonchev–Trinajstić information content (AvgIpc) is 2.43. The lowest BCUT2D eigenvalue weighted by Crippen LogP contribution is -1.89. The molecule has 0 radical (unpaired) electrons. The molecule has 0 amide bonds. The molecule has 2 aromatic carbocycles. The molecule has 3 aromatic rings. The Balaban J connectivity index is 2.17. The zero-order chi connectivity index (χ0) is 14.3. The summed E-state index contributed by atoms with van der Waals surface area (Å²) in [4.78, 5) is 8.43. The lowest BCUT2D eigenvalue weighted by molar-refractivity contribution is 0.404.